The van der Waals surface area contributed by atoms with Gasteiger partial charge in [0.2, 0.25) is 0 Å². The Morgan fingerprint density at radius 2 is 1.73 bits per heavy atom. The number of carbonyl (C=O) groups is 1. The minimum absolute atomic E-state index is 0.136. The summed E-state index contributed by atoms with van der Waals surface area (Å²) in [6.45, 7) is 0. The highest BCUT2D eigenvalue weighted by atomic mass is 32.2. The van der Waals surface area contributed by atoms with Crippen molar-refractivity contribution in [1.82, 2.24) is 9.97 Å². The number of carbonyl (C=O) groups excluding carboxylic acids is 1. The SMILES string of the molecule is O=Cc1nccnc1CSc1ccc2cc(O)c(O)cc2c1. The van der Waals surface area contributed by atoms with Gasteiger partial charge in [-0.05, 0) is 35.0 Å². The van der Waals surface area contributed by atoms with Crippen molar-refractivity contribution in [3.63, 3.8) is 0 Å². The molecule has 3 rings (SSSR count). The number of phenolic OH excluding ortho intramolecular Hbond substituents is 2. The Labute approximate surface area is 130 Å². The number of phenols is 2. The number of aldehydes is 1. The van der Waals surface area contributed by atoms with Gasteiger partial charge in [0.05, 0.1) is 5.69 Å². The normalized spacial score (nSPS) is 10.7. The fourth-order valence-electron chi connectivity index (χ4n) is 2.08. The van der Waals surface area contributed by atoms with Crippen molar-refractivity contribution in [1.29, 1.82) is 0 Å². The molecule has 0 atom stereocenters. The average Bonchev–Trinajstić information content (AvgIpc) is 2.54. The first kappa shape index (κ1) is 14.3. The van der Waals surface area contributed by atoms with Gasteiger partial charge in [0.15, 0.2) is 17.8 Å². The van der Waals surface area contributed by atoms with Crippen LogP contribution in [-0.2, 0) is 5.75 Å². The van der Waals surface area contributed by atoms with Gasteiger partial charge >= 0.3 is 0 Å². The summed E-state index contributed by atoms with van der Waals surface area (Å²) in [5.41, 5.74) is 0.981. The maximum atomic E-state index is 10.9. The molecule has 0 aliphatic rings. The zero-order chi connectivity index (χ0) is 15.5. The fourth-order valence-corrected chi connectivity index (χ4v) is 2.98. The molecule has 0 spiro atoms. The van der Waals surface area contributed by atoms with Crippen LogP contribution in [0.4, 0.5) is 0 Å². The molecule has 22 heavy (non-hydrogen) atoms. The zero-order valence-electron chi connectivity index (χ0n) is 11.4. The molecule has 0 radical (unpaired) electrons. The third-order valence-electron chi connectivity index (χ3n) is 3.20. The van der Waals surface area contributed by atoms with E-state index in [4.69, 9.17) is 0 Å². The van der Waals surface area contributed by atoms with Crippen molar-refractivity contribution in [3.05, 3.63) is 54.1 Å². The van der Waals surface area contributed by atoms with E-state index in [9.17, 15) is 15.0 Å². The molecule has 0 aliphatic heterocycles. The van der Waals surface area contributed by atoms with Crippen LogP contribution < -0.4 is 0 Å². The van der Waals surface area contributed by atoms with Crippen LogP contribution in [-0.4, -0.2) is 26.5 Å². The lowest BCUT2D eigenvalue weighted by Gasteiger charge is -2.06. The van der Waals surface area contributed by atoms with Gasteiger partial charge in [0.25, 0.3) is 0 Å². The van der Waals surface area contributed by atoms with Crippen LogP contribution in [0.25, 0.3) is 10.8 Å². The molecule has 0 saturated heterocycles. The molecule has 2 N–H and O–H groups in total. The van der Waals surface area contributed by atoms with Crippen molar-refractivity contribution in [2.45, 2.75) is 10.6 Å². The molecule has 0 amide bonds. The highest BCUT2D eigenvalue weighted by Crippen LogP contribution is 2.33. The topological polar surface area (TPSA) is 83.3 Å². The smallest absolute Gasteiger partial charge is 0.170 e. The summed E-state index contributed by atoms with van der Waals surface area (Å²) >= 11 is 1.52. The Hall–Kier alpha value is -2.60. The number of benzene rings is 2. The summed E-state index contributed by atoms with van der Waals surface area (Å²) in [5, 5.41) is 20.7. The van der Waals surface area contributed by atoms with Crippen LogP contribution in [0.1, 0.15) is 16.2 Å². The number of aromatic nitrogens is 2. The van der Waals surface area contributed by atoms with E-state index in [0.29, 0.717) is 23.4 Å². The average molecular weight is 312 g/mol. The Balaban J connectivity index is 1.85. The third kappa shape index (κ3) is 2.87. The number of hydrogen-bond acceptors (Lipinski definition) is 6. The van der Waals surface area contributed by atoms with Crippen LogP contribution in [0.3, 0.4) is 0 Å². The predicted molar refractivity (Wildman–Crippen MR) is 84.3 cm³/mol. The molecule has 110 valence electrons. The van der Waals surface area contributed by atoms with Gasteiger partial charge in [0.1, 0.15) is 5.69 Å². The van der Waals surface area contributed by atoms with Crippen molar-refractivity contribution in [3.8, 4) is 11.5 Å². The Bertz CT molecular complexity index is 852. The summed E-state index contributed by atoms with van der Waals surface area (Å²) < 4.78 is 0. The molecule has 1 heterocycles. The van der Waals surface area contributed by atoms with Gasteiger partial charge in [-0.1, -0.05) is 6.07 Å². The van der Waals surface area contributed by atoms with Crippen LogP contribution in [0.15, 0.2) is 47.6 Å². The number of fused-ring (bicyclic) bond motifs is 1. The largest absolute Gasteiger partial charge is 0.504 e. The highest BCUT2D eigenvalue weighted by molar-refractivity contribution is 7.98. The van der Waals surface area contributed by atoms with Crippen molar-refractivity contribution in [2.24, 2.45) is 0 Å². The Morgan fingerprint density at radius 3 is 2.50 bits per heavy atom. The molecular formula is C16H12N2O3S. The molecule has 0 aliphatic carbocycles. The van der Waals surface area contributed by atoms with Gasteiger partial charge in [-0.15, -0.1) is 11.8 Å². The zero-order valence-corrected chi connectivity index (χ0v) is 12.2. The van der Waals surface area contributed by atoms with E-state index >= 15 is 0 Å². The van der Waals surface area contributed by atoms with Crippen LogP contribution in [0, 0.1) is 0 Å². The van der Waals surface area contributed by atoms with E-state index in [1.165, 1.54) is 30.1 Å². The van der Waals surface area contributed by atoms with E-state index in [-0.39, 0.29) is 11.5 Å². The second-order valence-electron chi connectivity index (χ2n) is 4.64. The molecule has 0 unspecified atom stereocenters. The number of rotatable bonds is 4. The molecule has 6 heteroatoms. The van der Waals surface area contributed by atoms with Gasteiger partial charge in [-0.25, -0.2) is 4.98 Å². The second kappa shape index (κ2) is 6.03. The van der Waals surface area contributed by atoms with Crippen LogP contribution in [0.5, 0.6) is 11.5 Å². The molecule has 0 saturated carbocycles. The van der Waals surface area contributed by atoms with Gasteiger partial charge in [0, 0.05) is 23.0 Å². The maximum Gasteiger partial charge on any atom is 0.170 e. The molecular weight excluding hydrogens is 300 g/mol. The second-order valence-corrected chi connectivity index (χ2v) is 5.69. The summed E-state index contributed by atoms with van der Waals surface area (Å²) in [6, 6.07) is 8.74. The van der Waals surface area contributed by atoms with E-state index in [0.717, 1.165) is 15.7 Å². The summed E-state index contributed by atoms with van der Waals surface area (Å²) in [5.74, 6) is 0.243. The third-order valence-corrected chi connectivity index (χ3v) is 4.20. The number of aromatic hydroxyl groups is 2. The van der Waals surface area contributed by atoms with E-state index in [1.54, 1.807) is 6.20 Å². The van der Waals surface area contributed by atoms with E-state index in [2.05, 4.69) is 9.97 Å². The predicted octanol–water partition coefficient (Wildman–Crippen LogP) is 3.15. The maximum absolute atomic E-state index is 10.9. The molecule has 0 fully saturated rings. The quantitative estimate of drug-likeness (QED) is 0.437. The lowest BCUT2D eigenvalue weighted by molar-refractivity contribution is 0.111. The van der Waals surface area contributed by atoms with E-state index < -0.39 is 0 Å². The van der Waals surface area contributed by atoms with Crippen LogP contribution >= 0.6 is 11.8 Å². The first-order valence-electron chi connectivity index (χ1n) is 6.51. The highest BCUT2D eigenvalue weighted by Gasteiger charge is 2.07. The van der Waals surface area contributed by atoms with Crippen molar-refractivity contribution >= 4 is 28.8 Å². The first-order valence-corrected chi connectivity index (χ1v) is 7.49. The minimum atomic E-state index is -0.146. The fraction of sp³-hybridized carbons (Fsp3) is 0.0625. The van der Waals surface area contributed by atoms with Gasteiger partial charge in [-0.2, -0.15) is 0 Å². The van der Waals surface area contributed by atoms with Crippen molar-refractivity contribution < 1.29 is 15.0 Å². The lowest BCUT2D eigenvalue weighted by Crippen LogP contribution is -1.97. The first-order chi connectivity index (χ1) is 10.7. The van der Waals surface area contributed by atoms with Crippen LogP contribution in [0.2, 0.25) is 0 Å². The Morgan fingerprint density at radius 1 is 1.00 bits per heavy atom. The monoisotopic (exact) mass is 312 g/mol. The van der Waals surface area contributed by atoms with Crippen molar-refractivity contribution in [2.75, 3.05) is 0 Å². The summed E-state index contributed by atoms with van der Waals surface area (Å²) in [4.78, 5) is 20.0. The van der Waals surface area contributed by atoms with Gasteiger partial charge < -0.3 is 10.2 Å². The number of nitrogens with zero attached hydrogens (tertiary/aromatic N) is 2. The molecule has 2 aromatic carbocycles. The minimum Gasteiger partial charge on any atom is -0.504 e. The lowest BCUT2D eigenvalue weighted by atomic mass is 10.1. The summed E-state index contributed by atoms with van der Waals surface area (Å²) in [7, 11) is 0. The Kier molecular flexibility index (Phi) is 3.93. The van der Waals surface area contributed by atoms with Gasteiger partial charge in [-0.3, -0.25) is 9.78 Å². The standard InChI is InChI=1S/C16H12N2O3S/c19-8-13-14(18-4-3-17-13)9-22-12-2-1-10-6-15(20)16(21)7-11(10)5-12/h1-8,20-21H,9H2. The number of thioether (sulfide) groups is 1. The molecule has 0 bridgehead atoms. The molecule has 3 aromatic rings. The molecule has 5 nitrogen and oxygen atoms in total. The molecule has 1 aromatic heterocycles. The number of hydrogen-bond donors (Lipinski definition) is 2. The summed E-state index contributed by atoms with van der Waals surface area (Å²) in [6.07, 6.45) is 3.75. The van der Waals surface area contributed by atoms with E-state index in [1.807, 2.05) is 18.2 Å².